The second-order valence-electron chi connectivity index (χ2n) is 8.71. The van der Waals surface area contributed by atoms with Crippen molar-refractivity contribution in [3.8, 4) is 11.5 Å². The van der Waals surface area contributed by atoms with Crippen molar-refractivity contribution in [1.29, 1.82) is 0 Å². The lowest BCUT2D eigenvalue weighted by molar-refractivity contribution is -0.00519. The van der Waals surface area contributed by atoms with Gasteiger partial charge in [0.25, 0.3) is 0 Å². The summed E-state index contributed by atoms with van der Waals surface area (Å²) in [5.41, 5.74) is 7.71. The van der Waals surface area contributed by atoms with Crippen LogP contribution in [-0.4, -0.2) is 5.91 Å². The van der Waals surface area contributed by atoms with Crippen molar-refractivity contribution in [2.24, 2.45) is 23.5 Å². The van der Waals surface area contributed by atoms with E-state index in [1.54, 1.807) is 24.3 Å². The summed E-state index contributed by atoms with van der Waals surface area (Å²) in [6.45, 7) is 0. The Labute approximate surface area is 154 Å². The van der Waals surface area contributed by atoms with E-state index in [-0.39, 0.29) is 0 Å². The van der Waals surface area contributed by atoms with Gasteiger partial charge < -0.3 is 10.5 Å². The predicted molar refractivity (Wildman–Crippen MR) is 101 cm³/mol. The molecule has 2 N–H and O–H groups in total. The van der Waals surface area contributed by atoms with Gasteiger partial charge in [-0.2, -0.15) is 0 Å². The molecule has 6 rings (SSSR count). The first-order valence-corrected chi connectivity index (χ1v) is 9.78. The molecular formula is C23H25NO2. The van der Waals surface area contributed by atoms with Crippen molar-refractivity contribution >= 4 is 5.91 Å². The summed E-state index contributed by atoms with van der Waals surface area (Å²) in [7, 11) is 0. The highest BCUT2D eigenvalue weighted by atomic mass is 16.5. The molecule has 0 radical (unpaired) electrons. The molecule has 4 aliphatic carbocycles. The van der Waals surface area contributed by atoms with Gasteiger partial charge in [0.1, 0.15) is 11.5 Å². The van der Waals surface area contributed by atoms with Crippen LogP contribution >= 0.6 is 0 Å². The highest BCUT2D eigenvalue weighted by Gasteiger charge is 2.51. The van der Waals surface area contributed by atoms with Crippen molar-refractivity contribution in [2.75, 3.05) is 0 Å². The summed E-state index contributed by atoms with van der Waals surface area (Å²) in [6.07, 6.45) is 8.57. The predicted octanol–water partition coefficient (Wildman–Crippen LogP) is 5.05. The number of nitrogens with two attached hydrogens (primary N) is 1. The van der Waals surface area contributed by atoms with Gasteiger partial charge in [0.15, 0.2) is 0 Å². The van der Waals surface area contributed by atoms with Crippen molar-refractivity contribution in [3.63, 3.8) is 0 Å². The van der Waals surface area contributed by atoms with Gasteiger partial charge in [0, 0.05) is 5.56 Å². The Morgan fingerprint density at radius 1 is 0.808 bits per heavy atom. The average molecular weight is 347 g/mol. The van der Waals surface area contributed by atoms with Crippen molar-refractivity contribution < 1.29 is 9.53 Å². The first-order valence-electron chi connectivity index (χ1n) is 9.78. The second kappa shape index (κ2) is 5.87. The highest BCUT2D eigenvalue weighted by molar-refractivity contribution is 5.92. The molecule has 0 spiro atoms. The molecule has 26 heavy (non-hydrogen) atoms. The number of ether oxygens (including phenoxy) is 1. The van der Waals surface area contributed by atoms with Crippen LogP contribution in [0.1, 0.15) is 54.4 Å². The standard InChI is InChI=1S/C23H25NO2/c24-22(25)18-1-5-20(6-2-18)26-21-7-3-19(4-8-21)23-12-15-9-16(13-23)11-17(10-15)14-23/h1-8,15-17H,9-14H2,(H2,24,25). The third kappa shape index (κ3) is 2.70. The van der Waals surface area contributed by atoms with Gasteiger partial charge in [-0.15, -0.1) is 0 Å². The molecule has 0 unspecified atom stereocenters. The fourth-order valence-electron chi connectivity index (χ4n) is 6.16. The Kier molecular flexibility index (Phi) is 3.59. The number of hydrogen-bond donors (Lipinski definition) is 1. The third-order valence-electron chi connectivity index (χ3n) is 6.88. The molecule has 134 valence electrons. The summed E-state index contributed by atoms with van der Waals surface area (Å²) in [4.78, 5) is 11.2. The first kappa shape index (κ1) is 15.9. The topological polar surface area (TPSA) is 52.3 Å². The SMILES string of the molecule is NC(=O)c1ccc(Oc2ccc(C34CC5CC(CC(C5)C3)C4)cc2)cc1. The molecule has 0 heterocycles. The van der Waals surface area contributed by atoms with Crippen LogP contribution in [0.5, 0.6) is 11.5 Å². The maximum absolute atomic E-state index is 11.2. The Morgan fingerprint density at radius 3 is 1.73 bits per heavy atom. The summed E-state index contributed by atoms with van der Waals surface area (Å²) in [5.74, 6) is 4.02. The minimum Gasteiger partial charge on any atom is -0.457 e. The van der Waals surface area contributed by atoms with Gasteiger partial charge >= 0.3 is 0 Å². The molecule has 4 saturated carbocycles. The zero-order valence-corrected chi connectivity index (χ0v) is 15.0. The monoisotopic (exact) mass is 347 g/mol. The molecule has 4 fully saturated rings. The average Bonchev–Trinajstić information content (AvgIpc) is 2.61. The molecule has 0 atom stereocenters. The van der Waals surface area contributed by atoms with Gasteiger partial charge in [0.2, 0.25) is 5.91 Å². The Bertz CT molecular complexity index is 787. The molecule has 0 saturated heterocycles. The van der Waals surface area contributed by atoms with E-state index >= 15 is 0 Å². The quantitative estimate of drug-likeness (QED) is 0.842. The number of carbonyl (C=O) groups is 1. The van der Waals surface area contributed by atoms with Crippen LogP contribution in [0.2, 0.25) is 0 Å². The van der Waals surface area contributed by atoms with E-state index < -0.39 is 5.91 Å². The van der Waals surface area contributed by atoms with Gasteiger partial charge in [0.05, 0.1) is 0 Å². The lowest BCUT2D eigenvalue weighted by atomic mass is 9.48. The van der Waals surface area contributed by atoms with Crippen LogP contribution in [-0.2, 0) is 5.41 Å². The number of carbonyl (C=O) groups excluding carboxylic acids is 1. The fraction of sp³-hybridized carbons (Fsp3) is 0.435. The Hall–Kier alpha value is -2.29. The zero-order chi connectivity index (χ0) is 17.7. The second-order valence-corrected chi connectivity index (χ2v) is 8.71. The normalized spacial score (nSPS) is 31.8. The van der Waals surface area contributed by atoms with Crippen molar-refractivity contribution in [1.82, 2.24) is 0 Å². The first-order chi connectivity index (χ1) is 12.6. The molecule has 2 aromatic rings. The molecule has 0 aliphatic heterocycles. The van der Waals surface area contributed by atoms with Crippen molar-refractivity contribution in [2.45, 2.75) is 43.9 Å². The Balaban J connectivity index is 1.34. The third-order valence-corrected chi connectivity index (χ3v) is 6.88. The highest BCUT2D eigenvalue weighted by Crippen LogP contribution is 2.60. The van der Waals surface area contributed by atoms with Gasteiger partial charge in [-0.1, -0.05) is 12.1 Å². The lowest BCUT2D eigenvalue weighted by Gasteiger charge is -2.57. The Morgan fingerprint density at radius 2 is 1.27 bits per heavy atom. The number of primary amides is 1. The van der Waals surface area contributed by atoms with Gasteiger partial charge in [-0.05, 0) is 104 Å². The fourth-order valence-corrected chi connectivity index (χ4v) is 6.16. The molecular weight excluding hydrogens is 322 g/mol. The molecule has 4 bridgehead atoms. The van der Waals surface area contributed by atoms with Gasteiger partial charge in [-0.3, -0.25) is 4.79 Å². The van der Waals surface area contributed by atoms with E-state index in [1.165, 1.54) is 44.1 Å². The van der Waals surface area contributed by atoms with Crippen LogP contribution < -0.4 is 10.5 Å². The molecule has 0 aromatic heterocycles. The number of amides is 1. The summed E-state index contributed by atoms with van der Waals surface area (Å²) in [5, 5.41) is 0. The summed E-state index contributed by atoms with van der Waals surface area (Å²) in [6, 6.07) is 15.7. The smallest absolute Gasteiger partial charge is 0.248 e. The molecule has 1 amide bonds. The zero-order valence-electron chi connectivity index (χ0n) is 15.0. The van der Waals surface area contributed by atoms with Crippen LogP contribution in [0.25, 0.3) is 0 Å². The van der Waals surface area contributed by atoms with Crippen LogP contribution in [0, 0.1) is 17.8 Å². The van der Waals surface area contributed by atoms with E-state index in [9.17, 15) is 4.79 Å². The summed E-state index contributed by atoms with van der Waals surface area (Å²) < 4.78 is 5.93. The maximum Gasteiger partial charge on any atom is 0.248 e. The van der Waals surface area contributed by atoms with E-state index in [0.717, 1.165) is 29.3 Å². The van der Waals surface area contributed by atoms with Crippen LogP contribution in [0.4, 0.5) is 0 Å². The van der Waals surface area contributed by atoms with Gasteiger partial charge in [-0.25, -0.2) is 0 Å². The van der Waals surface area contributed by atoms with E-state index in [4.69, 9.17) is 10.5 Å². The lowest BCUT2D eigenvalue weighted by Crippen LogP contribution is -2.48. The van der Waals surface area contributed by atoms with Crippen LogP contribution in [0.15, 0.2) is 48.5 Å². The van der Waals surface area contributed by atoms with Crippen molar-refractivity contribution in [3.05, 3.63) is 59.7 Å². The number of rotatable bonds is 4. The van der Waals surface area contributed by atoms with E-state index in [0.29, 0.717) is 11.0 Å². The molecule has 4 aliphatic rings. The largest absolute Gasteiger partial charge is 0.457 e. The van der Waals surface area contributed by atoms with E-state index in [2.05, 4.69) is 24.3 Å². The number of hydrogen-bond acceptors (Lipinski definition) is 2. The van der Waals surface area contributed by atoms with Crippen LogP contribution in [0.3, 0.4) is 0 Å². The minimum absolute atomic E-state index is 0.420. The number of benzene rings is 2. The molecule has 2 aromatic carbocycles. The maximum atomic E-state index is 11.2. The molecule has 3 nitrogen and oxygen atoms in total. The molecule has 3 heteroatoms. The van der Waals surface area contributed by atoms with E-state index in [1.807, 2.05) is 0 Å². The minimum atomic E-state index is -0.420. The summed E-state index contributed by atoms with van der Waals surface area (Å²) >= 11 is 0.